The van der Waals surface area contributed by atoms with Gasteiger partial charge in [0.25, 0.3) is 0 Å². The van der Waals surface area contributed by atoms with Crippen molar-refractivity contribution in [2.24, 2.45) is 5.92 Å². The normalized spacial score (nSPS) is 15.3. The molecule has 2 rings (SSSR count). The number of nitrogens with one attached hydrogen (secondary N) is 1. The van der Waals surface area contributed by atoms with E-state index in [0.29, 0.717) is 0 Å². The summed E-state index contributed by atoms with van der Waals surface area (Å²) in [5.41, 5.74) is 2.55. The van der Waals surface area contributed by atoms with Gasteiger partial charge in [-0.15, -0.1) is 6.58 Å². The highest BCUT2D eigenvalue weighted by molar-refractivity contribution is 7.90. The second-order valence-electron chi connectivity index (χ2n) is 13.4. The van der Waals surface area contributed by atoms with Gasteiger partial charge >= 0.3 is 5.97 Å². The molecule has 0 aliphatic heterocycles. The van der Waals surface area contributed by atoms with Crippen LogP contribution in [0.1, 0.15) is 116 Å². The third kappa shape index (κ3) is 10.4. The van der Waals surface area contributed by atoms with Crippen LogP contribution < -0.4 is 4.72 Å². The maximum atomic E-state index is 15.0. The van der Waals surface area contributed by atoms with Crippen molar-refractivity contribution in [1.82, 2.24) is 4.72 Å². The number of rotatable bonds is 16. The number of hydrogen-bond acceptors (Lipinski definition) is 6. The molecular weight excluding hydrogens is 593 g/mol. The van der Waals surface area contributed by atoms with Gasteiger partial charge in [-0.25, -0.2) is 8.42 Å². The van der Waals surface area contributed by atoms with Gasteiger partial charge in [-0.2, -0.15) is 4.72 Å². The summed E-state index contributed by atoms with van der Waals surface area (Å²) in [6, 6.07) is 13.3. The van der Waals surface area contributed by atoms with Crippen LogP contribution in [0.25, 0.3) is 0 Å². The predicted molar refractivity (Wildman–Crippen MR) is 181 cm³/mol. The Balaban J connectivity index is 2.76. The number of hydrogen-bond donors (Lipinski definition) is 1. The van der Waals surface area contributed by atoms with Crippen LogP contribution in [-0.2, 0) is 35.1 Å². The van der Waals surface area contributed by atoms with Crippen molar-refractivity contribution in [2.75, 3.05) is 12.8 Å². The Labute approximate surface area is 266 Å². The van der Waals surface area contributed by atoms with E-state index in [0.717, 1.165) is 22.3 Å². The first kappa shape index (κ1) is 37.9. The monoisotopic (exact) mass is 647 g/mol. The van der Waals surface area contributed by atoms with Crippen molar-refractivity contribution in [1.29, 1.82) is 0 Å². The fraction of sp³-hybridized carbons (Fsp3) is 0.571. The zero-order valence-electron chi connectivity index (χ0n) is 28.3. The van der Waals surface area contributed by atoms with E-state index >= 15 is 0 Å². The van der Waals surface area contributed by atoms with E-state index in [1.54, 1.807) is 33.8 Å². The maximum Gasteiger partial charge on any atom is 0.310 e. The number of carbonyl (C=O) groups is 1. The van der Waals surface area contributed by atoms with E-state index in [2.05, 4.69) is 25.1 Å². The first-order chi connectivity index (χ1) is 20.3. The molecule has 0 saturated carbocycles. The Morgan fingerprint density at radius 3 is 1.95 bits per heavy atom. The van der Waals surface area contributed by atoms with E-state index in [-0.39, 0.29) is 48.3 Å². The summed E-state index contributed by atoms with van der Waals surface area (Å²) in [4.78, 5) is 13.5. The predicted octanol–water partition coefficient (Wildman–Crippen LogP) is 8.75. The van der Waals surface area contributed by atoms with Gasteiger partial charge in [0.05, 0.1) is 17.4 Å². The maximum absolute atomic E-state index is 15.0. The Kier molecular flexibility index (Phi) is 13.7. The van der Waals surface area contributed by atoms with Gasteiger partial charge in [-0.05, 0) is 80.5 Å². The van der Waals surface area contributed by atoms with Gasteiger partial charge in [0, 0.05) is 6.16 Å². The van der Waals surface area contributed by atoms with Crippen LogP contribution in [0, 0.1) is 5.92 Å². The lowest BCUT2D eigenvalue weighted by Gasteiger charge is -2.32. The van der Waals surface area contributed by atoms with Crippen LogP contribution in [0.3, 0.4) is 0 Å². The van der Waals surface area contributed by atoms with Crippen molar-refractivity contribution in [3.8, 4) is 0 Å². The number of carbonyl (C=O) groups excluding carboxylic acids is 1. The number of ether oxygens (including phenoxy) is 1. The Hall–Kier alpha value is -2.25. The summed E-state index contributed by atoms with van der Waals surface area (Å²) in [6.45, 7) is 23.0. The third-order valence-electron chi connectivity index (χ3n) is 7.40. The van der Waals surface area contributed by atoms with E-state index in [1.807, 2.05) is 70.2 Å². The first-order valence-electron chi connectivity index (χ1n) is 15.7. The Bertz CT molecular complexity index is 1380. The molecule has 0 saturated heterocycles. The molecule has 44 heavy (non-hydrogen) atoms. The minimum Gasteiger partial charge on any atom is -0.460 e. The second kappa shape index (κ2) is 15.8. The summed E-state index contributed by atoms with van der Waals surface area (Å²) in [7, 11) is -8.07. The van der Waals surface area contributed by atoms with Gasteiger partial charge in [0.2, 0.25) is 17.4 Å². The SMILES string of the molecule is C=CC[C@H](CP(=O)(OCC)[C@H](Cc1ccccc1)NS(=O)(=O)c1c(C(C)C)cc(C(C)C)cc1C(C)C)C(=O)OC(C)(C)C. The van der Waals surface area contributed by atoms with E-state index in [1.165, 1.54) is 0 Å². The molecule has 0 aliphatic rings. The van der Waals surface area contributed by atoms with Crippen LogP contribution in [0.4, 0.5) is 0 Å². The lowest BCUT2D eigenvalue weighted by Crippen LogP contribution is -2.40. The van der Waals surface area contributed by atoms with Gasteiger partial charge < -0.3 is 9.26 Å². The molecule has 0 radical (unpaired) electrons. The van der Waals surface area contributed by atoms with Gasteiger partial charge in [0.1, 0.15) is 11.4 Å². The Morgan fingerprint density at radius 2 is 1.52 bits per heavy atom. The molecule has 0 fully saturated rings. The zero-order valence-corrected chi connectivity index (χ0v) is 30.1. The van der Waals surface area contributed by atoms with Crippen LogP contribution >= 0.6 is 7.37 Å². The van der Waals surface area contributed by atoms with Crippen molar-refractivity contribution in [3.63, 3.8) is 0 Å². The van der Waals surface area contributed by atoms with Crippen molar-refractivity contribution in [3.05, 3.63) is 77.4 Å². The molecule has 1 unspecified atom stereocenters. The number of allylic oxidation sites excluding steroid dienone is 1. The van der Waals surface area contributed by atoms with Gasteiger partial charge in [-0.1, -0.05) is 90.1 Å². The first-order valence-corrected chi connectivity index (χ1v) is 19.0. The van der Waals surface area contributed by atoms with Crippen molar-refractivity contribution >= 4 is 23.4 Å². The average Bonchev–Trinajstić information content (AvgIpc) is 2.91. The quantitative estimate of drug-likeness (QED) is 0.111. The molecule has 0 heterocycles. The molecule has 7 nitrogen and oxygen atoms in total. The largest absolute Gasteiger partial charge is 0.460 e. The van der Waals surface area contributed by atoms with E-state index < -0.39 is 40.7 Å². The summed E-state index contributed by atoms with van der Waals surface area (Å²) in [5, 5.41) is 0. The third-order valence-corrected chi connectivity index (χ3v) is 12.1. The Morgan fingerprint density at radius 1 is 0.977 bits per heavy atom. The van der Waals surface area contributed by atoms with Crippen LogP contribution in [0.15, 0.2) is 60.0 Å². The molecule has 2 aromatic carbocycles. The average molecular weight is 648 g/mol. The fourth-order valence-corrected chi connectivity index (χ4v) is 10.4. The molecular formula is C35H54NO6PS. The lowest BCUT2D eigenvalue weighted by atomic mass is 9.89. The smallest absolute Gasteiger partial charge is 0.310 e. The molecule has 9 heteroatoms. The number of esters is 1. The molecule has 0 aromatic heterocycles. The number of benzene rings is 2. The van der Waals surface area contributed by atoms with Gasteiger partial charge in [0.15, 0.2) is 0 Å². The topological polar surface area (TPSA) is 98.8 Å². The van der Waals surface area contributed by atoms with Gasteiger partial charge in [-0.3, -0.25) is 9.36 Å². The molecule has 246 valence electrons. The summed E-state index contributed by atoms with van der Waals surface area (Å²) in [6.07, 6.45) is 1.72. The highest BCUT2D eigenvalue weighted by Gasteiger charge is 2.42. The standard InChI is InChI=1S/C35H54NO6PS/c1-12-17-28(34(37)42-35(9,10)11)23-43(38,41-13-2)32(20-27-18-15-14-16-19-27)36-44(39,40)33-30(25(5)6)21-29(24(3)4)22-31(33)26(7)8/h12,14-16,18-19,21-22,24-26,28,32,36H,1,13,17,20,23H2,2-11H3/t28-,32-,43?/m1/s1. The molecule has 1 N–H and O–H groups in total. The highest BCUT2D eigenvalue weighted by Crippen LogP contribution is 2.54. The molecule has 0 spiro atoms. The minimum absolute atomic E-state index is 0.0758. The van der Waals surface area contributed by atoms with Crippen molar-refractivity contribution < 1.29 is 27.0 Å². The molecule has 0 bridgehead atoms. The van der Waals surface area contributed by atoms with Crippen LogP contribution in [0.2, 0.25) is 0 Å². The summed E-state index contributed by atoms with van der Waals surface area (Å²) in [5.74, 6) is -2.41. The number of sulfonamides is 1. The second-order valence-corrected chi connectivity index (χ2v) is 17.8. The van der Waals surface area contributed by atoms with E-state index in [4.69, 9.17) is 9.26 Å². The summed E-state index contributed by atoms with van der Waals surface area (Å²) >= 11 is 0. The zero-order chi connectivity index (χ0) is 33.5. The van der Waals surface area contributed by atoms with E-state index in [9.17, 15) is 17.8 Å². The highest BCUT2D eigenvalue weighted by atomic mass is 32.2. The van der Waals surface area contributed by atoms with Crippen LogP contribution in [0.5, 0.6) is 0 Å². The lowest BCUT2D eigenvalue weighted by molar-refractivity contribution is -0.159. The molecule has 0 amide bonds. The molecule has 0 aliphatic carbocycles. The summed E-state index contributed by atoms with van der Waals surface area (Å²) < 4.78 is 58.6. The molecule has 3 atom stereocenters. The molecule has 2 aromatic rings. The van der Waals surface area contributed by atoms with Crippen molar-refractivity contribution in [2.45, 2.75) is 116 Å². The fourth-order valence-electron chi connectivity index (χ4n) is 5.16. The minimum atomic E-state index is -4.21. The van der Waals surface area contributed by atoms with Crippen LogP contribution in [-0.4, -0.2) is 38.5 Å².